The fourth-order valence-electron chi connectivity index (χ4n) is 2.80. The normalized spacial score (nSPS) is 18.1. The highest BCUT2D eigenvalue weighted by atomic mass is 16.3. The van der Waals surface area contributed by atoms with Gasteiger partial charge in [-0.3, -0.25) is 0 Å². The van der Waals surface area contributed by atoms with E-state index < -0.39 is 0 Å². The second kappa shape index (κ2) is 3.92. The summed E-state index contributed by atoms with van der Waals surface area (Å²) < 4.78 is 0. The topological polar surface area (TPSA) is 20.2 Å². The molecule has 0 spiro atoms. The average Bonchev–Trinajstić information content (AvgIpc) is 2.73. The maximum atomic E-state index is 9.33. The fourth-order valence-corrected chi connectivity index (χ4v) is 2.80. The summed E-state index contributed by atoms with van der Waals surface area (Å²) in [5, 5.41) is 9.33. The Hall–Kier alpha value is -1.76. The van der Waals surface area contributed by atoms with Crippen LogP contribution in [0.15, 0.2) is 42.5 Å². The van der Waals surface area contributed by atoms with Crippen LogP contribution in [0.4, 0.5) is 0 Å². The molecule has 3 rings (SSSR count). The van der Waals surface area contributed by atoms with E-state index in [-0.39, 0.29) is 0 Å². The summed E-state index contributed by atoms with van der Waals surface area (Å²) >= 11 is 0. The molecule has 1 atom stereocenters. The number of rotatable bonds is 1. The lowest BCUT2D eigenvalue weighted by Crippen LogP contribution is -1.95. The van der Waals surface area contributed by atoms with Gasteiger partial charge in [-0.2, -0.15) is 0 Å². The zero-order valence-corrected chi connectivity index (χ0v) is 9.98. The van der Waals surface area contributed by atoms with Gasteiger partial charge >= 0.3 is 0 Å². The predicted molar refractivity (Wildman–Crippen MR) is 69.4 cm³/mol. The van der Waals surface area contributed by atoms with Crippen LogP contribution in [0.3, 0.4) is 0 Å². The van der Waals surface area contributed by atoms with E-state index in [0.717, 1.165) is 0 Å². The first-order valence-electron chi connectivity index (χ1n) is 6.12. The van der Waals surface area contributed by atoms with Crippen molar-refractivity contribution < 1.29 is 5.11 Å². The minimum atomic E-state index is 0.343. The number of aromatic hydroxyl groups is 1. The predicted octanol–water partition coefficient (Wildman–Crippen LogP) is 3.78. The molecule has 0 aliphatic heterocycles. The van der Waals surface area contributed by atoms with Gasteiger partial charge in [0.2, 0.25) is 0 Å². The summed E-state index contributed by atoms with van der Waals surface area (Å²) in [6.07, 6.45) is 2.35. The van der Waals surface area contributed by atoms with Gasteiger partial charge in [-0.05, 0) is 48.6 Å². The lowest BCUT2D eigenvalue weighted by molar-refractivity contribution is 0.475. The third-order valence-corrected chi connectivity index (χ3v) is 3.67. The molecule has 0 fully saturated rings. The number of hydrogen-bond acceptors (Lipinski definition) is 1. The minimum Gasteiger partial charge on any atom is -0.508 e. The van der Waals surface area contributed by atoms with Crippen LogP contribution in [0.2, 0.25) is 0 Å². The molecule has 2 aromatic carbocycles. The summed E-state index contributed by atoms with van der Waals surface area (Å²) in [6.45, 7) is 2.15. The van der Waals surface area contributed by atoms with Crippen molar-refractivity contribution in [1.29, 1.82) is 0 Å². The lowest BCUT2D eigenvalue weighted by Gasteiger charge is -2.12. The maximum Gasteiger partial charge on any atom is 0.115 e. The highest BCUT2D eigenvalue weighted by Gasteiger charge is 2.23. The second-order valence-electron chi connectivity index (χ2n) is 4.89. The van der Waals surface area contributed by atoms with Crippen molar-refractivity contribution >= 4 is 0 Å². The van der Waals surface area contributed by atoms with Crippen molar-refractivity contribution in [3.8, 4) is 5.75 Å². The molecule has 86 valence electrons. The van der Waals surface area contributed by atoms with Crippen LogP contribution in [0.1, 0.15) is 34.6 Å². The lowest BCUT2D eigenvalue weighted by atomic mass is 9.92. The molecule has 0 amide bonds. The summed E-state index contributed by atoms with van der Waals surface area (Å²) in [7, 11) is 0. The van der Waals surface area contributed by atoms with E-state index in [4.69, 9.17) is 0 Å². The molecule has 1 aliphatic rings. The monoisotopic (exact) mass is 224 g/mol. The van der Waals surface area contributed by atoms with Crippen LogP contribution in [-0.2, 0) is 6.42 Å². The molecule has 1 heteroatoms. The Morgan fingerprint density at radius 2 is 1.82 bits per heavy atom. The largest absolute Gasteiger partial charge is 0.508 e. The van der Waals surface area contributed by atoms with E-state index >= 15 is 0 Å². The molecule has 0 saturated carbocycles. The number of hydrogen-bond donors (Lipinski definition) is 1. The number of phenolic OH excluding ortho intramolecular Hbond substituents is 1. The smallest absolute Gasteiger partial charge is 0.115 e. The van der Waals surface area contributed by atoms with Crippen molar-refractivity contribution in [3.63, 3.8) is 0 Å². The SMILES string of the molecule is Cc1ccc2c(c1)CCC2c1ccc(O)cc1. The number of fused-ring (bicyclic) bond motifs is 1. The Bertz CT molecular complexity index is 540. The van der Waals surface area contributed by atoms with E-state index in [1.54, 1.807) is 12.1 Å². The Morgan fingerprint density at radius 1 is 1.06 bits per heavy atom. The van der Waals surface area contributed by atoms with Gasteiger partial charge < -0.3 is 5.11 Å². The first-order valence-corrected chi connectivity index (χ1v) is 6.12. The van der Waals surface area contributed by atoms with Crippen molar-refractivity contribution in [2.75, 3.05) is 0 Å². The number of aryl methyl sites for hydroxylation is 2. The molecule has 0 heterocycles. The summed E-state index contributed by atoms with van der Waals surface area (Å²) in [5.74, 6) is 0.849. The van der Waals surface area contributed by atoms with Crippen LogP contribution in [0.25, 0.3) is 0 Å². The van der Waals surface area contributed by atoms with Crippen molar-refractivity contribution in [1.82, 2.24) is 0 Å². The van der Waals surface area contributed by atoms with Gasteiger partial charge in [0.05, 0.1) is 0 Å². The van der Waals surface area contributed by atoms with E-state index in [0.29, 0.717) is 11.7 Å². The van der Waals surface area contributed by atoms with Gasteiger partial charge in [0.1, 0.15) is 5.75 Å². The van der Waals surface area contributed by atoms with E-state index in [1.165, 1.54) is 35.1 Å². The Kier molecular flexibility index (Phi) is 2.40. The van der Waals surface area contributed by atoms with Crippen LogP contribution in [-0.4, -0.2) is 5.11 Å². The third-order valence-electron chi connectivity index (χ3n) is 3.67. The minimum absolute atomic E-state index is 0.343. The molecule has 0 aromatic heterocycles. The molecule has 0 saturated heterocycles. The highest BCUT2D eigenvalue weighted by molar-refractivity contribution is 5.44. The third kappa shape index (κ3) is 1.82. The molecule has 1 unspecified atom stereocenters. The van der Waals surface area contributed by atoms with Gasteiger partial charge in [-0.1, -0.05) is 35.9 Å². The van der Waals surface area contributed by atoms with Gasteiger partial charge in [-0.25, -0.2) is 0 Å². The first kappa shape index (κ1) is 10.4. The van der Waals surface area contributed by atoms with E-state index in [9.17, 15) is 5.11 Å². The maximum absolute atomic E-state index is 9.33. The van der Waals surface area contributed by atoms with Gasteiger partial charge in [0, 0.05) is 5.92 Å². The molecular formula is C16H16O. The number of phenols is 1. The molecule has 0 radical (unpaired) electrons. The van der Waals surface area contributed by atoms with Crippen molar-refractivity contribution in [2.45, 2.75) is 25.7 Å². The van der Waals surface area contributed by atoms with Crippen LogP contribution in [0, 0.1) is 6.92 Å². The Morgan fingerprint density at radius 3 is 2.59 bits per heavy atom. The van der Waals surface area contributed by atoms with Crippen LogP contribution < -0.4 is 0 Å². The van der Waals surface area contributed by atoms with Crippen LogP contribution >= 0.6 is 0 Å². The van der Waals surface area contributed by atoms with E-state index in [1.807, 2.05) is 12.1 Å². The Labute approximate surface area is 102 Å². The van der Waals surface area contributed by atoms with Crippen molar-refractivity contribution in [2.24, 2.45) is 0 Å². The van der Waals surface area contributed by atoms with Gasteiger partial charge in [-0.15, -0.1) is 0 Å². The summed E-state index contributed by atoms with van der Waals surface area (Å²) in [5.41, 5.74) is 5.60. The molecule has 1 N–H and O–H groups in total. The zero-order valence-electron chi connectivity index (χ0n) is 9.98. The first-order chi connectivity index (χ1) is 8.24. The summed E-state index contributed by atoms with van der Waals surface area (Å²) in [4.78, 5) is 0. The molecule has 17 heavy (non-hydrogen) atoms. The fraction of sp³-hybridized carbons (Fsp3) is 0.250. The number of benzene rings is 2. The molecule has 1 aliphatic carbocycles. The quantitative estimate of drug-likeness (QED) is 0.781. The van der Waals surface area contributed by atoms with Crippen LogP contribution in [0.5, 0.6) is 5.75 Å². The molecular weight excluding hydrogens is 208 g/mol. The Balaban J connectivity index is 2.01. The summed E-state index contributed by atoms with van der Waals surface area (Å²) in [6, 6.07) is 14.4. The highest BCUT2D eigenvalue weighted by Crippen LogP contribution is 2.38. The second-order valence-corrected chi connectivity index (χ2v) is 4.89. The zero-order chi connectivity index (χ0) is 11.8. The average molecular weight is 224 g/mol. The standard InChI is InChI=1S/C16H16O/c1-11-2-8-16-13(10-11)5-9-15(16)12-3-6-14(17)7-4-12/h2-4,6-8,10,15,17H,5,9H2,1H3. The van der Waals surface area contributed by atoms with Gasteiger partial charge in [0.25, 0.3) is 0 Å². The molecule has 2 aromatic rings. The van der Waals surface area contributed by atoms with Gasteiger partial charge in [0.15, 0.2) is 0 Å². The molecule has 1 nitrogen and oxygen atoms in total. The van der Waals surface area contributed by atoms with Crippen molar-refractivity contribution in [3.05, 3.63) is 64.7 Å². The van der Waals surface area contributed by atoms with E-state index in [2.05, 4.69) is 25.1 Å². The molecule has 0 bridgehead atoms.